The molecule has 11 nitrogen and oxygen atoms in total. The number of carbonyl (C=O) groups is 1. The van der Waals surface area contributed by atoms with Crippen molar-refractivity contribution in [3.05, 3.63) is 96.4 Å². The lowest BCUT2D eigenvalue weighted by Gasteiger charge is -2.24. The van der Waals surface area contributed by atoms with Gasteiger partial charge in [-0.2, -0.15) is 0 Å². The Hall–Kier alpha value is -3.81. The Morgan fingerprint density at radius 3 is 2.44 bits per heavy atom. The van der Waals surface area contributed by atoms with E-state index in [1.807, 2.05) is 5.38 Å². The maximum atomic E-state index is 13.3. The Labute approximate surface area is 201 Å². The number of amides is 1. The number of hydrogen-bond acceptors (Lipinski definition) is 10. The maximum absolute atomic E-state index is 13.3. The monoisotopic (exact) mass is 498 g/mol. The van der Waals surface area contributed by atoms with E-state index in [0.29, 0.717) is 18.7 Å². The Kier molecular flexibility index (Phi) is 7.15. The summed E-state index contributed by atoms with van der Waals surface area (Å²) in [4.78, 5) is 39.6. The topological polar surface area (TPSA) is 144 Å². The van der Waals surface area contributed by atoms with Crippen LogP contribution in [0.4, 0.5) is 16.5 Å². The minimum Gasteiger partial charge on any atom is -0.360 e. The number of aromatic nitrogens is 1. The maximum Gasteiger partial charge on any atom is 0.276 e. The molecule has 1 fully saturated rings. The highest BCUT2D eigenvalue weighted by atomic mass is 32.2. The van der Waals surface area contributed by atoms with Gasteiger partial charge in [-0.25, -0.2) is 10.4 Å². The fourth-order valence-corrected chi connectivity index (χ4v) is 5.13. The van der Waals surface area contributed by atoms with Crippen molar-refractivity contribution < 1.29 is 14.6 Å². The number of nitrogens with one attached hydrogen (secondary N) is 2. The SMILES string of the molecule is O=C1/C(=C\c2ccccc2[N+](=O)[O-])SC(c2ccccc2[N+](=O)[O-])N1NCCNc1nccs1. The first kappa shape index (κ1) is 23.4. The molecule has 1 aliphatic rings. The van der Waals surface area contributed by atoms with Crippen LogP contribution < -0.4 is 10.7 Å². The molecule has 0 radical (unpaired) electrons. The molecule has 34 heavy (non-hydrogen) atoms. The zero-order valence-corrected chi connectivity index (χ0v) is 19.1. The number of nitro groups is 2. The molecule has 0 saturated carbocycles. The van der Waals surface area contributed by atoms with Gasteiger partial charge in [0.05, 0.1) is 25.9 Å². The summed E-state index contributed by atoms with van der Waals surface area (Å²) in [6, 6.07) is 12.3. The number of carbonyl (C=O) groups excluding carboxylic acids is 1. The summed E-state index contributed by atoms with van der Waals surface area (Å²) in [6.45, 7) is 0.788. The van der Waals surface area contributed by atoms with E-state index in [1.165, 1.54) is 34.6 Å². The van der Waals surface area contributed by atoms with Crippen molar-refractivity contribution in [3.63, 3.8) is 0 Å². The highest BCUT2D eigenvalue weighted by molar-refractivity contribution is 8.04. The van der Waals surface area contributed by atoms with E-state index in [4.69, 9.17) is 0 Å². The van der Waals surface area contributed by atoms with Crippen LogP contribution in [0, 0.1) is 20.2 Å². The molecule has 2 heterocycles. The predicted octanol–water partition coefficient (Wildman–Crippen LogP) is 4.19. The summed E-state index contributed by atoms with van der Waals surface area (Å²) in [5.41, 5.74) is 3.41. The van der Waals surface area contributed by atoms with Gasteiger partial charge < -0.3 is 5.32 Å². The van der Waals surface area contributed by atoms with E-state index < -0.39 is 21.1 Å². The number of para-hydroxylation sites is 2. The van der Waals surface area contributed by atoms with Gasteiger partial charge in [0.2, 0.25) is 0 Å². The van der Waals surface area contributed by atoms with Gasteiger partial charge >= 0.3 is 0 Å². The zero-order valence-electron chi connectivity index (χ0n) is 17.5. The van der Waals surface area contributed by atoms with Crippen molar-refractivity contribution in [2.45, 2.75) is 5.37 Å². The van der Waals surface area contributed by atoms with Gasteiger partial charge in [-0.3, -0.25) is 30.0 Å². The molecule has 1 saturated heterocycles. The lowest BCUT2D eigenvalue weighted by molar-refractivity contribution is -0.385. The summed E-state index contributed by atoms with van der Waals surface area (Å²) in [5.74, 6) is -0.430. The molecule has 0 bridgehead atoms. The summed E-state index contributed by atoms with van der Waals surface area (Å²) in [5, 5.41) is 29.3. The van der Waals surface area contributed by atoms with E-state index in [-0.39, 0.29) is 21.8 Å². The molecule has 1 unspecified atom stereocenters. The van der Waals surface area contributed by atoms with E-state index in [2.05, 4.69) is 15.7 Å². The van der Waals surface area contributed by atoms with Crippen molar-refractivity contribution in [1.82, 2.24) is 15.4 Å². The molecule has 1 atom stereocenters. The summed E-state index contributed by atoms with van der Waals surface area (Å²) >= 11 is 2.54. The second-order valence-corrected chi connectivity index (χ2v) is 8.97. The number of anilines is 1. The molecule has 0 spiro atoms. The molecule has 4 rings (SSSR count). The van der Waals surface area contributed by atoms with Gasteiger partial charge in [-0.1, -0.05) is 36.0 Å². The third kappa shape index (κ3) is 5.06. The van der Waals surface area contributed by atoms with E-state index >= 15 is 0 Å². The predicted molar refractivity (Wildman–Crippen MR) is 130 cm³/mol. The van der Waals surface area contributed by atoms with Gasteiger partial charge in [0, 0.05) is 36.8 Å². The van der Waals surface area contributed by atoms with Gasteiger partial charge in [0.25, 0.3) is 17.3 Å². The molecule has 1 aromatic heterocycles. The van der Waals surface area contributed by atoms with Crippen LogP contribution in [0.5, 0.6) is 0 Å². The zero-order chi connectivity index (χ0) is 24.1. The van der Waals surface area contributed by atoms with Crippen LogP contribution in [0.25, 0.3) is 6.08 Å². The molecule has 1 aliphatic heterocycles. The Morgan fingerprint density at radius 1 is 1.03 bits per heavy atom. The molecular weight excluding hydrogens is 480 g/mol. The summed E-state index contributed by atoms with van der Waals surface area (Å²) in [6.07, 6.45) is 3.12. The third-order valence-electron chi connectivity index (χ3n) is 4.84. The average Bonchev–Trinajstić information content (AvgIpc) is 3.45. The first-order valence-corrected chi connectivity index (χ1v) is 11.8. The summed E-state index contributed by atoms with van der Waals surface area (Å²) < 4.78 is 0. The average molecular weight is 499 g/mol. The quantitative estimate of drug-likeness (QED) is 0.192. The Morgan fingerprint density at radius 2 is 1.74 bits per heavy atom. The smallest absolute Gasteiger partial charge is 0.276 e. The van der Waals surface area contributed by atoms with Crippen molar-refractivity contribution in [1.29, 1.82) is 0 Å². The lowest BCUT2D eigenvalue weighted by atomic mass is 10.1. The van der Waals surface area contributed by atoms with E-state index in [1.54, 1.807) is 42.6 Å². The van der Waals surface area contributed by atoms with Gasteiger partial charge in [-0.15, -0.1) is 11.3 Å². The van der Waals surface area contributed by atoms with Crippen LogP contribution in [-0.2, 0) is 4.79 Å². The van der Waals surface area contributed by atoms with Crippen molar-refractivity contribution in [2.75, 3.05) is 18.4 Å². The normalized spacial score (nSPS) is 16.7. The van der Waals surface area contributed by atoms with Crippen LogP contribution in [0.15, 0.2) is 65.0 Å². The van der Waals surface area contributed by atoms with Crippen molar-refractivity contribution in [2.24, 2.45) is 0 Å². The highest BCUT2D eigenvalue weighted by Gasteiger charge is 2.40. The highest BCUT2D eigenvalue weighted by Crippen LogP contribution is 2.47. The van der Waals surface area contributed by atoms with Gasteiger partial charge in [-0.05, 0) is 18.2 Å². The first-order valence-electron chi connectivity index (χ1n) is 10.0. The minimum absolute atomic E-state index is 0.118. The number of benzene rings is 2. The molecule has 0 aliphatic carbocycles. The first-order chi connectivity index (χ1) is 16.5. The fourth-order valence-electron chi connectivity index (χ4n) is 3.34. The molecule has 2 aromatic carbocycles. The van der Waals surface area contributed by atoms with Crippen molar-refractivity contribution in [3.8, 4) is 0 Å². The molecule has 3 aromatic rings. The van der Waals surface area contributed by atoms with E-state index in [0.717, 1.165) is 16.9 Å². The fraction of sp³-hybridized carbons (Fsp3) is 0.143. The number of thiazole rings is 1. The van der Waals surface area contributed by atoms with E-state index in [9.17, 15) is 25.0 Å². The minimum atomic E-state index is -0.733. The number of rotatable bonds is 9. The number of thioether (sulfide) groups is 1. The summed E-state index contributed by atoms with van der Waals surface area (Å²) in [7, 11) is 0. The molecule has 13 heteroatoms. The van der Waals surface area contributed by atoms with Crippen LogP contribution in [-0.4, -0.2) is 38.8 Å². The van der Waals surface area contributed by atoms with Crippen LogP contribution in [0.3, 0.4) is 0 Å². The standard InChI is InChI=1S/C21H18N6O5S2/c28-19-18(13-14-5-1-3-7-16(14)26(29)30)34-20(15-6-2-4-8-17(15)27(31)32)25(19)24-10-9-22-21-23-11-12-33-21/h1-8,11-13,20,24H,9-10H2,(H,22,23)/b18-13+. The van der Waals surface area contributed by atoms with Crippen LogP contribution >= 0.6 is 23.1 Å². The second-order valence-electron chi connectivity index (χ2n) is 6.96. The Bertz CT molecular complexity index is 1250. The molecule has 2 N–H and O–H groups in total. The number of nitrogens with zero attached hydrogens (tertiary/aromatic N) is 4. The van der Waals surface area contributed by atoms with Gasteiger partial charge in [0.1, 0.15) is 5.37 Å². The van der Waals surface area contributed by atoms with Gasteiger partial charge in [0.15, 0.2) is 5.13 Å². The lowest BCUT2D eigenvalue weighted by Crippen LogP contribution is -2.42. The molecule has 1 amide bonds. The molecular formula is C21H18N6O5S2. The van der Waals surface area contributed by atoms with Crippen molar-refractivity contribution >= 4 is 51.6 Å². The number of nitro benzene ring substituents is 2. The Balaban J connectivity index is 1.63. The number of hydrogen-bond donors (Lipinski definition) is 2. The number of hydrazine groups is 1. The second kappa shape index (κ2) is 10.4. The van der Waals surface area contributed by atoms with Crippen LogP contribution in [0.1, 0.15) is 16.5 Å². The van der Waals surface area contributed by atoms with Crippen LogP contribution in [0.2, 0.25) is 0 Å². The largest absolute Gasteiger partial charge is 0.360 e. The molecule has 174 valence electrons. The third-order valence-corrected chi connectivity index (χ3v) is 6.80.